The first-order valence-electron chi connectivity index (χ1n) is 15.3. The predicted octanol–water partition coefficient (Wildman–Crippen LogP) is 6.32. The van der Waals surface area contributed by atoms with Gasteiger partial charge in [0.25, 0.3) is 11.8 Å². The van der Waals surface area contributed by atoms with Crippen molar-refractivity contribution in [1.82, 2.24) is 14.9 Å². The molecule has 3 heterocycles. The van der Waals surface area contributed by atoms with Gasteiger partial charge in [0.1, 0.15) is 17.7 Å². The Hall–Kier alpha value is -4.38. The van der Waals surface area contributed by atoms with E-state index >= 15 is 0 Å². The Morgan fingerprint density at radius 2 is 1.78 bits per heavy atom. The normalized spacial score (nSPS) is 14.8. The Labute approximate surface area is 304 Å². The molecule has 12 nitrogen and oxygen atoms in total. The lowest BCUT2D eigenvalue weighted by molar-refractivity contribution is -0.149. The summed E-state index contributed by atoms with van der Waals surface area (Å²) in [6, 6.07) is 8.06. The minimum atomic E-state index is -3.82. The number of pyridine rings is 1. The van der Waals surface area contributed by atoms with Crippen LogP contribution in [0.25, 0.3) is 0 Å². The van der Waals surface area contributed by atoms with Gasteiger partial charge in [-0.2, -0.15) is 8.78 Å². The number of rotatable bonds is 15. The number of aromatic nitrogens is 2. The molecule has 2 aromatic carbocycles. The zero-order valence-electron chi connectivity index (χ0n) is 26.6. The summed E-state index contributed by atoms with van der Waals surface area (Å²) in [7, 11) is -3.82. The number of carbonyl (C=O) groups excluding carboxylic acids is 3. The molecule has 268 valence electrons. The molecule has 0 unspecified atom stereocenters. The highest BCUT2D eigenvalue weighted by atomic mass is 35.5. The number of imide groups is 1. The molecule has 1 fully saturated rings. The summed E-state index contributed by atoms with van der Waals surface area (Å²) in [6.45, 7) is -3.75. The molecule has 0 radical (unpaired) electrons. The van der Waals surface area contributed by atoms with Crippen molar-refractivity contribution in [3.63, 3.8) is 0 Å². The molecular weight excluding hydrogens is 753 g/mol. The third-order valence-corrected chi connectivity index (χ3v) is 10.6. The van der Waals surface area contributed by atoms with Crippen LogP contribution in [0.5, 0.6) is 11.5 Å². The quantitative estimate of drug-likeness (QED) is 0.0992. The van der Waals surface area contributed by atoms with Crippen LogP contribution < -0.4 is 13.8 Å². The lowest BCUT2D eigenvalue weighted by atomic mass is 10.0. The molecule has 18 heteroatoms. The first kappa shape index (κ1) is 36.4. The van der Waals surface area contributed by atoms with E-state index < -0.39 is 47.1 Å². The first-order valence-corrected chi connectivity index (χ1v) is 18.8. The van der Waals surface area contributed by atoms with Crippen LogP contribution in [0.4, 0.5) is 14.5 Å². The third kappa shape index (κ3) is 8.57. The zero-order chi connectivity index (χ0) is 36.4. The Morgan fingerprint density at radius 3 is 2.43 bits per heavy atom. The monoisotopic (exact) mass is 780 g/mol. The van der Waals surface area contributed by atoms with Gasteiger partial charge >= 0.3 is 12.6 Å². The summed E-state index contributed by atoms with van der Waals surface area (Å²) >= 11 is 14.0. The van der Waals surface area contributed by atoms with E-state index in [9.17, 15) is 31.6 Å². The van der Waals surface area contributed by atoms with E-state index in [-0.39, 0.29) is 63.8 Å². The van der Waals surface area contributed by atoms with E-state index in [1.54, 1.807) is 5.38 Å². The number of alkyl halides is 2. The lowest BCUT2D eigenvalue weighted by Crippen LogP contribution is -2.36. The number of ether oxygens (including phenoxy) is 3. The Morgan fingerprint density at radius 1 is 1.06 bits per heavy atom. The second-order valence-electron chi connectivity index (χ2n) is 11.7. The van der Waals surface area contributed by atoms with Crippen LogP contribution in [0, 0.1) is 5.92 Å². The molecule has 0 saturated heterocycles. The van der Waals surface area contributed by atoms with Gasteiger partial charge in [-0.1, -0.05) is 29.3 Å². The molecule has 51 heavy (non-hydrogen) atoms. The summed E-state index contributed by atoms with van der Waals surface area (Å²) in [6.07, 6.45) is 5.85. The van der Waals surface area contributed by atoms with Gasteiger partial charge in [-0.3, -0.25) is 28.6 Å². The van der Waals surface area contributed by atoms with Gasteiger partial charge < -0.3 is 14.2 Å². The fraction of sp³-hybridized carbons (Fsp3) is 0.303. The van der Waals surface area contributed by atoms with Gasteiger partial charge in [0, 0.05) is 30.4 Å². The van der Waals surface area contributed by atoms with Crippen molar-refractivity contribution >= 4 is 68.0 Å². The Balaban J connectivity index is 1.25. The SMILES string of the molecule is CS(=O)(=O)N(Cc1nccs1)c1ccc2c(c1)C(=O)N(CC(=O)O[C@@H](Cc1c(Cl)cncc1Cl)c1ccc(OC(F)F)c(OCC3CC3)c1)C2=O. The number of amides is 2. The van der Waals surface area contributed by atoms with Gasteiger partial charge in [-0.25, -0.2) is 13.4 Å². The molecule has 0 bridgehead atoms. The van der Waals surface area contributed by atoms with Crippen molar-refractivity contribution in [3.05, 3.63) is 97.7 Å². The molecule has 0 N–H and O–H groups in total. The summed E-state index contributed by atoms with van der Waals surface area (Å²) in [5, 5.41) is 2.54. The van der Waals surface area contributed by atoms with Gasteiger partial charge in [0.15, 0.2) is 11.5 Å². The average molecular weight is 782 g/mol. The Bertz CT molecular complexity index is 2060. The van der Waals surface area contributed by atoms with Crippen molar-refractivity contribution in [2.24, 2.45) is 5.92 Å². The molecule has 1 saturated carbocycles. The minimum Gasteiger partial charge on any atom is -0.489 e. The van der Waals surface area contributed by atoms with Crippen molar-refractivity contribution in [2.75, 3.05) is 23.7 Å². The van der Waals surface area contributed by atoms with Crippen molar-refractivity contribution < 1.29 is 45.8 Å². The summed E-state index contributed by atoms with van der Waals surface area (Å²) < 4.78 is 69.1. The second kappa shape index (κ2) is 15.1. The summed E-state index contributed by atoms with van der Waals surface area (Å²) in [5.41, 5.74) is 0.659. The standard InChI is InChI=1S/C33H28Cl2F2N4O8S2/c1-51(45,46)41(15-29-39-8-9-50-29)20-5-6-21-22(11-20)32(44)40(31(21)43)16-30(42)48-27(12-23-24(34)13-38-14-25(23)35)19-4-7-26(49-33(36)37)28(10-19)47-17-18-2-3-18/h4-11,13-14,18,27,33H,2-3,12,15-17H2,1H3/t27-/m0/s1. The van der Waals surface area contributed by atoms with E-state index in [1.165, 1.54) is 66.3 Å². The molecule has 1 atom stereocenters. The van der Waals surface area contributed by atoms with Gasteiger partial charge in [0.2, 0.25) is 10.0 Å². The Kier molecular flexibility index (Phi) is 10.8. The van der Waals surface area contributed by atoms with Crippen LogP contribution in [-0.4, -0.2) is 67.1 Å². The van der Waals surface area contributed by atoms with Gasteiger partial charge in [-0.15, -0.1) is 11.3 Å². The molecular formula is C33H28Cl2F2N4O8S2. The topological polar surface area (TPSA) is 145 Å². The maximum Gasteiger partial charge on any atom is 0.387 e. The number of hydrogen-bond acceptors (Lipinski definition) is 11. The third-order valence-electron chi connectivity index (χ3n) is 8.03. The van der Waals surface area contributed by atoms with Gasteiger partial charge in [-0.05, 0) is 60.2 Å². The van der Waals surface area contributed by atoms with Crippen molar-refractivity contribution in [2.45, 2.75) is 38.5 Å². The summed E-state index contributed by atoms with van der Waals surface area (Å²) in [5.74, 6) is -2.55. The highest BCUT2D eigenvalue weighted by Crippen LogP contribution is 2.38. The number of halogens is 4. The fourth-order valence-electron chi connectivity index (χ4n) is 5.33. The smallest absolute Gasteiger partial charge is 0.387 e. The van der Waals surface area contributed by atoms with Gasteiger partial charge in [0.05, 0.1) is 46.3 Å². The zero-order valence-corrected chi connectivity index (χ0v) is 29.8. The number of esters is 1. The number of anilines is 1. The van der Waals surface area contributed by atoms with E-state index in [0.29, 0.717) is 21.0 Å². The molecule has 0 spiro atoms. The minimum absolute atomic E-state index is 0.00169. The molecule has 6 rings (SSSR count). The largest absolute Gasteiger partial charge is 0.489 e. The molecule has 1 aliphatic heterocycles. The molecule has 2 aromatic heterocycles. The van der Waals surface area contributed by atoms with Crippen molar-refractivity contribution in [3.8, 4) is 11.5 Å². The summed E-state index contributed by atoms with van der Waals surface area (Å²) in [4.78, 5) is 49.1. The van der Waals surface area contributed by atoms with Crippen LogP contribution in [0.15, 0.2) is 60.4 Å². The van der Waals surface area contributed by atoms with Crippen LogP contribution in [-0.2, 0) is 32.5 Å². The maximum atomic E-state index is 13.5. The first-order chi connectivity index (χ1) is 24.3. The number of thiazole rings is 1. The van der Waals surface area contributed by atoms with E-state index in [1.807, 2.05) is 0 Å². The number of benzene rings is 2. The number of sulfonamides is 1. The van der Waals surface area contributed by atoms with Crippen LogP contribution in [0.1, 0.15) is 55.8 Å². The van der Waals surface area contributed by atoms with Crippen LogP contribution in [0.2, 0.25) is 10.0 Å². The highest BCUT2D eigenvalue weighted by molar-refractivity contribution is 7.92. The van der Waals surface area contributed by atoms with E-state index in [2.05, 4.69) is 14.7 Å². The average Bonchev–Trinajstić information content (AvgIpc) is 3.70. The number of nitrogens with zero attached hydrogens (tertiary/aromatic N) is 4. The fourth-order valence-corrected chi connectivity index (χ4v) is 7.38. The number of carbonyl (C=O) groups is 3. The molecule has 2 amide bonds. The molecule has 1 aliphatic carbocycles. The van der Waals surface area contributed by atoms with Crippen LogP contribution in [0.3, 0.4) is 0 Å². The number of fused-ring (bicyclic) bond motifs is 1. The second-order valence-corrected chi connectivity index (χ2v) is 15.4. The molecule has 4 aromatic rings. The predicted molar refractivity (Wildman–Crippen MR) is 183 cm³/mol. The van der Waals surface area contributed by atoms with Crippen molar-refractivity contribution in [1.29, 1.82) is 0 Å². The van der Waals surface area contributed by atoms with Crippen LogP contribution >= 0.6 is 34.5 Å². The van der Waals surface area contributed by atoms with E-state index in [4.69, 9.17) is 32.7 Å². The highest BCUT2D eigenvalue weighted by Gasteiger charge is 2.38. The van der Waals surface area contributed by atoms with E-state index in [0.717, 1.165) is 23.4 Å². The lowest BCUT2D eigenvalue weighted by Gasteiger charge is -2.22. The number of hydrogen-bond donors (Lipinski definition) is 0. The maximum absolute atomic E-state index is 13.5. The molecule has 2 aliphatic rings.